The van der Waals surface area contributed by atoms with Gasteiger partial charge in [-0.1, -0.05) is 17.7 Å². The minimum atomic E-state index is -5.47. The van der Waals surface area contributed by atoms with Gasteiger partial charge >= 0.3 is 11.9 Å². The molecule has 3 N–H and O–H groups in total. The minimum absolute atomic E-state index is 0.128. The number of alkyl halides is 3. The number of hydrogen-bond acceptors (Lipinski definition) is 4. The molecule has 0 unspecified atom stereocenters. The summed E-state index contributed by atoms with van der Waals surface area (Å²) < 4.78 is 57.1. The highest BCUT2D eigenvalue weighted by Crippen LogP contribution is 2.45. The summed E-state index contributed by atoms with van der Waals surface area (Å²) in [5, 5.41) is 3.56. The fourth-order valence-electron chi connectivity index (χ4n) is 3.64. The molecular weight excluding hydrogens is 448 g/mol. The van der Waals surface area contributed by atoms with Crippen LogP contribution in [0.5, 0.6) is 0 Å². The first kappa shape index (κ1) is 22.0. The number of hydrogen-bond donors (Lipinski definition) is 3. The number of nitrogens with one attached hydrogen (secondary N) is 3. The van der Waals surface area contributed by atoms with Crippen LogP contribution in [0.2, 0.25) is 0 Å². The molecule has 1 aliphatic rings. The predicted molar refractivity (Wildman–Crippen MR) is 108 cm³/mol. The Bertz CT molecular complexity index is 1410. The van der Waals surface area contributed by atoms with Crippen molar-refractivity contribution in [3.63, 3.8) is 0 Å². The molecule has 2 amide bonds. The average Bonchev–Trinajstić information content (AvgIpc) is 3.02. The first-order chi connectivity index (χ1) is 15.5. The molecule has 1 aliphatic heterocycles. The standard InChI is InChI=1S/C21H14F4N4O4/c1-10-3-2-4-11(9-10)16(30)28-20(21(23,24)25)14-15(26-18(20)32)29(19(33)27-17(14)31)13-7-5-12(22)6-8-13/h2-9H,1H3,(H,26,32)(H,28,30)(H,27,31,33)/t20-/m1/s1. The molecule has 0 spiro atoms. The van der Waals surface area contributed by atoms with Crippen molar-refractivity contribution < 1.29 is 27.2 Å². The molecule has 0 saturated heterocycles. The molecule has 0 radical (unpaired) electrons. The number of carbonyl (C=O) groups excluding carboxylic acids is 2. The van der Waals surface area contributed by atoms with Gasteiger partial charge < -0.3 is 10.6 Å². The lowest BCUT2D eigenvalue weighted by Crippen LogP contribution is -2.62. The van der Waals surface area contributed by atoms with Gasteiger partial charge in [-0.25, -0.2) is 13.8 Å². The smallest absolute Gasteiger partial charge is 0.326 e. The number of aromatic amines is 1. The van der Waals surface area contributed by atoms with Crippen molar-refractivity contribution in [2.75, 3.05) is 5.32 Å². The van der Waals surface area contributed by atoms with Crippen molar-refractivity contribution >= 4 is 17.6 Å². The van der Waals surface area contributed by atoms with E-state index in [2.05, 4.69) is 0 Å². The number of halogens is 4. The molecule has 1 aromatic heterocycles. The Hall–Kier alpha value is -4.22. The van der Waals surface area contributed by atoms with E-state index in [9.17, 15) is 36.7 Å². The van der Waals surface area contributed by atoms with Gasteiger partial charge in [0.25, 0.3) is 22.9 Å². The van der Waals surface area contributed by atoms with Crippen LogP contribution in [0.15, 0.2) is 58.1 Å². The van der Waals surface area contributed by atoms with E-state index in [1.807, 2.05) is 5.32 Å². The Morgan fingerprint density at radius 1 is 1.06 bits per heavy atom. The molecule has 0 saturated carbocycles. The number of nitrogens with zero attached hydrogens (tertiary/aromatic N) is 1. The molecule has 170 valence electrons. The van der Waals surface area contributed by atoms with E-state index in [0.29, 0.717) is 10.1 Å². The van der Waals surface area contributed by atoms with E-state index in [4.69, 9.17) is 0 Å². The molecule has 0 fully saturated rings. The molecule has 0 bridgehead atoms. The molecule has 2 heterocycles. The second kappa shape index (κ2) is 7.43. The third-order valence-electron chi connectivity index (χ3n) is 5.15. The number of benzene rings is 2. The number of rotatable bonds is 3. The molecular formula is C21H14F4N4O4. The van der Waals surface area contributed by atoms with Crippen LogP contribution in [0.4, 0.5) is 23.4 Å². The van der Waals surface area contributed by atoms with Crippen LogP contribution in [0.25, 0.3) is 5.69 Å². The van der Waals surface area contributed by atoms with Crippen LogP contribution in [0.1, 0.15) is 21.5 Å². The Morgan fingerprint density at radius 2 is 1.73 bits per heavy atom. The van der Waals surface area contributed by atoms with Gasteiger partial charge in [0.05, 0.1) is 5.69 Å². The van der Waals surface area contributed by atoms with Crippen molar-refractivity contribution in [3.8, 4) is 5.69 Å². The van der Waals surface area contributed by atoms with Crippen LogP contribution in [0.3, 0.4) is 0 Å². The van der Waals surface area contributed by atoms with Crippen LogP contribution in [-0.4, -0.2) is 27.5 Å². The number of carbonyl (C=O) groups is 2. The first-order valence-corrected chi connectivity index (χ1v) is 9.39. The van der Waals surface area contributed by atoms with Gasteiger partial charge in [0.2, 0.25) is 0 Å². The third kappa shape index (κ3) is 3.39. The number of aromatic nitrogens is 2. The Balaban J connectivity index is 1.97. The molecule has 0 aliphatic carbocycles. The molecule has 3 aromatic rings. The first-order valence-electron chi connectivity index (χ1n) is 9.39. The number of anilines is 1. The lowest BCUT2D eigenvalue weighted by molar-refractivity contribution is -0.196. The maximum Gasteiger partial charge on any atom is 0.425 e. The Kier molecular flexibility index (Phi) is 4.95. The molecule has 1 atom stereocenters. The zero-order valence-corrected chi connectivity index (χ0v) is 16.7. The van der Waals surface area contributed by atoms with Gasteiger partial charge in [-0.05, 0) is 43.3 Å². The molecule has 2 aromatic carbocycles. The summed E-state index contributed by atoms with van der Waals surface area (Å²) in [6.07, 6.45) is -5.47. The quantitative estimate of drug-likeness (QED) is 0.518. The van der Waals surface area contributed by atoms with Crippen molar-refractivity contribution in [2.45, 2.75) is 18.6 Å². The lowest BCUT2D eigenvalue weighted by Gasteiger charge is -2.30. The zero-order chi connectivity index (χ0) is 24.1. The zero-order valence-electron chi connectivity index (χ0n) is 16.7. The van der Waals surface area contributed by atoms with Gasteiger partial charge in [0.1, 0.15) is 17.2 Å². The Labute approximate surface area is 181 Å². The van der Waals surface area contributed by atoms with Crippen molar-refractivity contribution in [3.05, 3.63) is 91.9 Å². The van der Waals surface area contributed by atoms with Crippen LogP contribution < -0.4 is 21.9 Å². The highest BCUT2D eigenvalue weighted by molar-refractivity contribution is 6.09. The normalized spacial score (nSPS) is 17.4. The van der Waals surface area contributed by atoms with E-state index < -0.39 is 52.0 Å². The highest BCUT2D eigenvalue weighted by Gasteiger charge is 2.68. The summed E-state index contributed by atoms with van der Waals surface area (Å²) in [7, 11) is 0. The van der Waals surface area contributed by atoms with Gasteiger partial charge in [0, 0.05) is 5.56 Å². The summed E-state index contributed by atoms with van der Waals surface area (Å²) in [6, 6.07) is 9.60. The second-order valence-corrected chi connectivity index (χ2v) is 7.32. The summed E-state index contributed by atoms with van der Waals surface area (Å²) >= 11 is 0. The van der Waals surface area contributed by atoms with E-state index >= 15 is 0 Å². The fraction of sp³-hybridized carbons (Fsp3) is 0.143. The summed E-state index contributed by atoms with van der Waals surface area (Å²) in [4.78, 5) is 52.2. The largest absolute Gasteiger partial charge is 0.425 e. The lowest BCUT2D eigenvalue weighted by atomic mass is 9.91. The predicted octanol–water partition coefficient (Wildman–Crippen LogP) is 2.11. The summed E-state index contributed by atoms with van der Waals surface area (Å²) in [5.41, 5.74) is -7.43. The van der Waals surface area contributed by atoms with Gasteiger partial charge in [-0.2, -0.15) is 13.2 Å². The van der Waals surface area contributed by atoms with E-state index in [1.54, 1.807) is 23.3 Å². The summed E-state index contributed by atoms with van der Waals surface area (Å²) in [5.74, 6) is -4.52. The fourth-order valence-corrected chi connectivity index (χ4v) is 3.64. The molecule has 33 heavy (non-hydrogen) atoms. The minimum Gasteiger partial charge on any atom is -0.326 e. The van der Waals surface area contributed by atoms with E-state index in [1.165, 1.54) is 18.2 Å². The number of aryl methyl sites for hydroxylation is 1. The maximum atomic E-state index is 14.4. The van der Waals surface area contributed by atoms with Gasteiger partial charge in [-0.15, -0.1) is 0 Å². The topological polar surface area (TPSA) is 113 Å². The Morgan fingerprint density at radius 3 is 2.33 bits per heavy atom. The number of fused-ring (bicyclic) bond motifs is 1. The molecule has 4 rings (SSSR count). The molecule has 8 nitrogen and oxygen atoms in total. The van der Waals surface area contributed by atoms with Crippen molar-refractivity contribution in [1.82, 2.24) is 14.9 Å². The number of amides is 2. The van der Waals surface area contributed by atoms with Crippen molar-refractivity contribution in [1.29, 1.82) is 0 Å². The molecule has 12 heteroatoms. The SMILES string of the molecule is Cc1cccc(C(=O)N[C@@]2(C(F)(F)F)C(=O)Nc3c2c(=O)[nH]c(=O)n3-c2ccc(F)cc2)c1. The van der Waals surface area contributed by atoms with Crippen LogP contribution >= 0.6 is 0 Å². The van der Waals surface area contributed by atoms with Gasteiger partial charge in [-0.3, -0.25) is 19.4 Å². The summed E-state index contributed by atoms with van der Waals surface area (Å²) in [6.45, 7) is 1.61. The average molecular weight is 462 g/mol. The van der Waals surface area contributed by atoms with Crippen LogP contribution in [-0.2, 0) is 10.3 Å². The maximum absolute atomic E-state index is 14.4. The van der Waals surface area contributed by atoms with Crippen molar-refractivity contribution in [2.24, 2.45) is 0 Å². The van der Waals surface area contributed by atoms with E-state index in [-0.39, 0.29) is 11.3 Å². The van der Waals surface area contributed by atoms with Crippen LogP contribution in [0, 0.1) is 12.7 Å². The monoisotopic (exact) mass is 462 g/mol. The third-order valence-corrected chi connectivity index (χ3v) is 5.15. The van der Waals surface area contributed by atoms with Gasteiger partial charge in [0.15, 0.2) is 0 Å². The second-order valence-electron chi connectivity index (χ2n) is 7.32. The van der Waals surface area contributed by atoms with E-state index in [0.717, 1.165) is 24.3 Å². The number of H-pyrrole nitrogens is 1. The highest BCUT2D eigenvalue weighted by atomic mass is 19.4.